The van der Waals surface area contributed by atoms with Crippen LogP contribution in [-0.4, -0.2) is 11.9 Å². The van der Waals surface area contributed by atoms with Crippen LogP contribution in [0.5, 0.6) is 11.5 Å². The SMILES string of the molecule is CCc1cccc(-c2cc3c(cc2CO)OCO3)c1. The zero-order valence-electron chi connectivity index (χ0n) is 10.8. The van der Waals surface area contributed by atoms with Gasteiger partial charge in [-0.1, -0.05) is 31.2 Å². The standard InChI is InChI=1S/C16H16O3/c1-2-11-4-3-5-12(6-11)14-8-16-15(18-10-19-16)7-13(14)9-17/h3-8,17H,2,9-10H2,1H3. The van der Waals surface area contributed by atoms with Crippen LogP contribution in [0.3, 0.4) is 0 Å². The zero-order valence-corrected chi connectivity index (χ0v) is 10.8. The molecule has 0 fully saturated rings. The highest BCUT2D eigenvalue weighted by Gasteiger charge is 2.17. The lowest BCUT2D eigenvalue weighted by Crippen LogP contribution is -1.92. The van der Waals surface area contributed by atoms with E-state index in [4.69, 9.17) is 9.47 Å². The van der Waals surface area contributed by atoms with Crippen LogP contribution >= 0.6 is 0 Å². The number of aliphatic hydroxyl groups is 1. The van der Waals surface area contributed by atoms with Gasteiger partial charge in [-0.25, -0.2) is 0 Å². The molecule has 2 aromatic carbocycles. The molecule has 0 spiro atoms. The summed E-state index contributed by atoms with van der Waals surface area (Å²) in [6.07, 6.45) is 0.993. The summed E-state index contributed by atoms with van der Waals surface area (Å²) in [5.74, 6) is 1.45. The Morgan fingerprint density at radius 1 is 1.11 bits per heavy atom. The van der Waals surface area contributed by atoms with Gasteiger partial charge in [-0.2, -0.15) is 0 Å². The Morgan fingerprint density at radius 2 is 1.89 bits per heavy atom. The van der Waals surface area contributed by atoms with E-state index in [1.807, 2.05) is 18.2 Å². The third-order valence-electron chi connectivity index (χ3n) is 3.41. The number of fused-ring (bicyclic) bond motifs is 1. The van der Waals surface area contributed by atoms with Gasteiger partial charge < -0.3 is 14.6 Å². The second-order valence-electron chi connectivity index (χ2n) is 4.57. The molecule has 0 saturated carbocycles. The van der Waals surface area contributed by atoms with Crippen LogP contribution in [0.2, 0.25) is 0 Å². The van der Waals surface area contributed by atoms with Crippen molar-refractivity contribution in [2.45, 2.75) is 20.0 Å². The van der Waals surface area contributed by atoms with Gasteiger partial charge in [0.15, 0.2) is 11.5 Å². The van der Waals surface area contributed by atoms with Gasteiger partial charge in [0, 0.05) is 0 Å². The summed E-state index contributed by atoms with van der Waals surface area (Å²) >= 11 is 0. The van der Waals surface area contributed by atoms with E-state index >= 15 is 0 Å². The summed E-state index contributed by atoms with van der Waals surface area (Å²) in [5, 5.41) is 9.54. The Bertz CT molecular complexity index is 605. The van der Waals surface area contributed by atoms with Gasteiger partial charge >= 0.3 is 0 Å². The highest BCUT2D eigenvalue weighted by atomic mass is 16.7. The average Bonchev–Trinajstić information content (AvgIpc) is 2.93. The molecule has 0 amide bonds. The van der Waals surface area contributed by atoms with Gasteiger partial charge in [-0.05, 0) is 40.8 Å². The van der Waals surface area contributed by atoms with Crippen molar-refractivity contribution in [1.29, 1.82) is 0 Å². The van der Waals surface area contributed by atoms with E-state index in [-0.39, 0.29) is 13.4 Å². The maximum atomic E-state index is 9.54. The largest absolute Gasteiger partial charge is 0.454 e. The van der Waals surface area contributed by atoms with E-state index in [9.17, 15) is 5.11 Å². The lowest BCUT2D eigenvalue weighted by Gasteiger charge is -2.10. The smallest absolute Gasteiger partial charge is 0.231 e. The second kappa shape index (κ2) is 4.94. The third-order valence-corrected chi connectivity index (χ3v) is 3.41. The number of aliphatic hydroxyl groups excluding tert-OH is 1. The number of benzene rings is 2. The Morgan fingerprint density at radius 3 is 2.63 bits per heavy atom. The van der Waals surface area contributed by atoms with Gasteiger partial charge in [0.05, 0.1) is 6.61 Å². The molecule has 98 valence electrons. The van der Waals surface area contributed by atoms with E-state index in [1.165, 1.54) is 5.56 Å². The maximum absolute atomic E-state index is 9.54. The molecule has 3 nitrogen and oxygen atoms in total. The summed E-state index contributed by atoms with van der Waals surface area (Å²) in [6, 6.07) is 12.2. The third kappa shape index (κ3) is 2.17. The first-order valence-electron chi connectivity index (χ1n) is 6.44. The Balaban J connectivity index is 2.12. The summed E-state index contributed by atoms with van der Waals surface area (Å²) in [5.41, 5.74) is 4.24. The van der Waals surface area contributed by atoms with Crippen LogP contribution in [-0.2, 0) is 13.0 Å². The molecule has 0 saturated heterocycles. The van der Waals surface area contributed by atoms with Crippen molar-refractivity contribution in [3.05, 3.63) is 47.5 Å². The maximum Gasteiger partial charge on any atom is 0.231 e. The molecule has 1 aliphatic heterocycles. The molecule has 19 heavy (non-hydrogen) atoms. The van der Waals surface area contributed by atoms with Gasteiger partial charge in [0.1, 0.15) is 0 Å². The molecular weight excluding hydrogens is 240 g/mol. The summed E-state index contributed by atoms with van der Waals surface area (Å²) in [4.78, 5) is 0. The number of aryl methyl sites for hydroxylation is 1. The fraction of sp³-hybridized carbons (Fsp3) is 0.250. The van der Waals surface area contributed by atoms with E-state index in [2.05, 4.69) is 25.1 Å². The van der Waals surface area contributed by atoms with Crippen molar-refractivity contribution < 1.29 is 14.6 Å². The molecule has 3 heteroatoms. The number of ether oxygens (including phenoxy) is 2. The fourth-order valence-electron chi connectivity index (χ4n) is 2.34. The molecule has 3 rings (SSSR count). The monoisotopic (exact) mass is 256 g/mol. The Kier molecular flexibility index (Phi) is 3.13. The zero-order chi connectivity index (χ0) is 13.2. The van der Waals surface area contributed by atoms with Gasteiger partial charge in [-0.15, -0.1) is 0 Å². The Labute approximate surface area is 112 Å². The molecule has 1 N–H and O–H groups in total. The first kappa shape index (κ1) is 12.1. The van der Waals surface area contributed by atoms with E-state index in [1.54, 1.807) is 0 Å². The van der Waals surface area contributed by atoms with Gasteiger partial charge in [0.2, 0.25) is 6.79 Å². The van der Waals surface area contributed by atoms with E-state index < -0.39 is 0 Å². The number of rotatable bonds is 3. The predicted molar refractivity (Wildman–Crippen MR) is 73.3 cm³/mol. The molecule has 1 heterocycles. The van der Waals surface area contributed by atoms with Crippen LogP contribution < -0.4 is 9.47 Å². The minimum Gasteiger partial charge on any atom is -0.454 e. The first-order valence-corrected chi connectivity index (χ1v) is 6.44. The second-order valence-corrected chi connectivity index (χ2v) is 4.57. The molecule has 0 radical (unpaired) electrons. The van der Waals surface area contributed by atoms with Crippen molar-refractivity contribution in [1.82, 2.24) is 0 Å². The molecule has 0 atom stereocenters. The van der Waals surface area contributed by atoms with E-state index in [0.717, 1.165) is 28.9 Å². The molecule has 0 aliphatic carbocycles. The van der Waals surface area contributed by atoms with Crippen LogP contribution in [0.1, 0.15) is 18.1 Å². The van der Waals surface area contributed by atoms with Crippen molar-refractivity contribution >= 4 is 0 Å². The quantitative estimate of drug-likeness (QED) is 0.917. The fourth-order valence-corrected chi connectivity index (χ4v) is 2.34. The van der Waals surface area contributed by atoms with Crippen molar-refractivity contribution in [2.75, 3.05) is 6.79 Å². The van der Waals surface area contributed by atoms with Gasteiger partial charge in [-0.3, -0.25) is 0 Å². The van der Waals surface area contributed by atoms with Crippen molar-refractivity contribution in [3.63, 3.8) is 0 Å². The van der Waals surface area contributed by atoms with Crippen molar-refractivity contribution in [3.8, 4) is 22.6 Å². The summed E-state index contributed by atoms with van der Waals surface area (Å²) < 4.78 is 10.8. The lowest BCUT2D eigenvalue weighted by molar-refractivity contribution is 0.174. The lowest BCUT2D eigenvalue weighted by atomic mass is 9.97. The summed E-state index contributed by atoms with van der Waals surface area (Å²) in [6.45, 7) is 2.37. The van der Waals surface area contributed by atoms with Crippen molar-refractivity contribution in [2.24, 2.45) is 0 Å². The van der Waals surface area contributed by atoms with Crippen LogP contribution in [0.15, 0.2) is 36.4 Å². The molecule has 0 unspecified atom stereocenters. The highest BCUT2D eigenvalue weighted by Crippen LogP contribution is 2.38. The normalized spacial score (nSPS) is 12.7. The van der Waals surface area contributed by atoms with Crippen LogP contribution in [0.25, 0.3) is 11.1 Å². The molecule has 1 aliphatic rings. The topological polar surface area (TPSA) is 38.7 Å². The summed E-state index contributed by atoms with van der Waals surface area (Å²) in [7, 11) is 0. The molecule has 0 aromatic heterocycles. The molecular formula is C16H16O3. The molecule has 0 bridgehead atoms. The Hall–Kier alpha value is -2.00. The number of hydrogen-bond donors (Lipinski definition) is 1. The highest BCUT2D eigenvalue weighted by molar-refractivity contribution is 5.72. The first-order chi connectivity index (χ1) is 9.31. The predicted octanol–water partition coefficient (Wildman–Crippen LogP) is 3.14. The minimum absolute atomic E-state index is 0.0116. The van der Waals surface area contributed by atoms with Gasteiger partial charge in [0.25, 0.3) is 0 Å². The van der Waals surface area contributed by atoms with Crippen LogP contribution in [0.4, 0.5) is 0 Å². The van der Waals surface area contributed by atoms with Crippen LogP contribution in [0, 0.1) is 0 Å². The van der Waals surface area contributed by atoms with E-state index in [0.29, 0.717) is 5.75 Å². The number of hydrogen-bond acceptors (Lipinski definition) is 3. The molecule has 2 aromatic rings. The minimum atomic E-state index is -0.0116. The average molecular weight is 256 g/mol.